The second kappa shape index (κ2) is 6.88. The van der Waals surface area contributed by atoms with E-state index < -0.39 is 6.04 Å². The molecular weight excluding hydrogens is 398 g/mol. The number of aryl methyl sites for hydroxylation is 3. The van der Waals surface area contributed by atoms with Crippen molar-refractivity contribution in [1.29, 1.82) is 0 Å². The highest BCUT2D eigenvalue weighted by molar-refractivity contribution is 7.13. The number of benzene rings is 2. The zero-order valence-corrected chi connectivity index (χ0v) is 17.6. The highest BCUT2D eigenvalue weighted by Crippen LogP contribution is 2.41. The summed E-state index contributed by atoms with van der Waals surface area (Å²) in [6.45, 7) is 6.00. The van der Waals surface area contributed by atoms with Gasteiger partial charge in [-0.25, -0.2) is 0 Å². The van der Waals surface area contributed by atoms with Crippen LogP contribution in [0.15, 0.2) is 51.1 Å². The normalized spacial score (nSPS) is 15.8. The van der Waals surface area contributed by atoms with Crippen molar-refractivity contribution in [2.24, 2.45) is 0 Å². The number of carbonyl (C=O) groups is 1. The Morgan fingerprint density at radius 2 is 1.83 bits per heavy atom. The molecule has 1 aliphatic rings. The van der Waals surface area contributed by atoms with Crippen molar-refractivity contribution in [3.05, 3.63) is 85.7 Å². The topological polar surface area (TPSA) is 76.3 Å². The average molecular weight is 417 g/mol. The Bertz CT molecular complexity index is 1340. The van der Waals surface area contributed by atoms with E-state index in [-0.39, 0.29) is 17.1 Å². The minimum Gasteiger partial charge on any atom is -0.450 e. The van der Waals surface area contributed by atoms with Gasteiger partial charge in [0, 0.05) is 0 Å². The van der Waals surface area contributed by atoms with Gasteiger partial charge in [-0.05, 0) is 54.7 Å². The van der Waals surface area contributed by atoms with Crippen LogP contribution in [0, 0.1) is 13.8 Å². The second-order valence-electron chi connectivity index (χ2n) is 7.50. The second-order valence-corrected chi connectivity index (χ2v) is 8.31. The number of hydrogen-bond acceptors (Lipinski definition) is 6. The zero-order chi connectivity index (χ0) is 21.0. The molecule has 4 aromatic rings. The highest BCUT2D eigenvalue weighted by Gasteiger charge is 2.44. The molecule has 0 bridgehead atoms. The largest absolute Gasteiger partial charge is 0.450 e. The number of nitrogens with zero attached hydrogens (tertiary/aromatic N) is 3. The van der Waals surface area contributed by atoms with E-state index in [2.05, 4.69) is 17.1 Å². The standard InChI is InChI=1S/C23H19N3O3S/c1-4-14-5-7-15(8-6-14)19-18-20(27)16-9-12(2)13(3)10-17(16)29-21(18)22(28)26(19)23-25-24-11-30-23/h5-11,19H,4H2,1-3H3. The van der Waals surface area contributed by atoms with Crippen LogP contribution in [0.3, 0.4) is 0 Å². The molecule has 1 amide bonds. The lowest BCUT2D eigenvalue weighted by Gasteiger charge is -2.22. The average Bonchev–Trinajstić information content (AvgIpc) is 3.37. The maximum Gasteiger partial charge on any atom is 0.297 e. The lowest BCUT2D eigenvalue weighted by atomic mass is 9.96. The Balaban J connectivity index is 1.81. The Labute approximate surface area is 176 Å². The quantitative estimate of drug-likeness (QED) is 0.488. The first-order valence-electron chi connectivity index (χ1n) is 9.76. The molecule has 1 atom stereocenters. The van der Waals surface area contributed by atoms with Crippen LogP contribution < -0.4 is 10.3 Å². The van der Waals surface area contributed by atoms with Gasteiger partial charge in [0.1, 0.15) is 11.1 Å². The maximum atomic E-state index is 13.6. The lowest BCUT2D eigenvalue weighted by Crippen LogP contribution is -2.29. The lowest BCUT2D eigenvalue weighted by molar-refractivity contribution is 0.0970. The number of carbonyl (C=O) groups excluding carboxylic acids is 1. The van der Waals surface area contributed by atoms with Crippen molar-refractivity contribution in [1.82, 2.24) is 10.2 Å². The third-order valence-electron chi connectivity index (χ3n) is 5.74. The zero-order valence-electron chi connectivity index (χ0n) is 16.8. The molecule has 150 valence electrons. The van der Waals surface area contributed by atoms with Crippen LogP contribution in [0.25, 0.3) is 11.0 Å². The number of rotatable bonds is 3. The van der Waals surface area contributed by atoms with Gasteiger partial charge in [-0.3, -0.25) is 14.5 Å². The van der Waals surface area contributed by atoms with Crippen LogP contribution in [-0.4, -0.2) is 16.1 Å². The molecule has 0 N–H and O–H groups in total. The van der Waals surface area contributed by atoms with E-state index in [1.54, 1.807) is 5.51 Å². The molecule has 30 heavy (non-hydrogen) atoms. The Hall–Kier alpha value is -3.32. The third kappa shape index (κ3) is 2.69. The third-order valence-corrected chi connectivity index (χ3v) is 6.43. The molecule has 0 aliphatic carbocycles. The first-order chi connectivity index (χ1) is 14.5. The molecule has 0 radical (unpaired) electrons. The number of aromatic nitrogens is 2. The summed E-state index contributed by atoms with van der Waals surface area (Å²) in [7, 11) is 0. The molecule has 1 unspecified atom stereocenters. The Morgan fingerprint density at radius 1 is 1.10 bits per heavy atom. The molecule has 2 aromatic carbocycles. The van der Waals surface area contributed by atoms with Crippen LogP contribution in [0.1, 0.15) is 51.3 Å². The van der Waals surface area contributed by atoms with E-state index in [1.807, 2.05) is 50.2 Å². The van der Waals surface area contributed by atoms with Crippen LogP contribution in [0.4, 0.5) is 5.13 Å². The predicted octanol–water partition coefficient (Wildman–Crippen LogP) is 4.57. The summed E-state index contributed by atoms with van der Waals surface area (Å²) < 4.78 is 6.02. The molecule has 0 fully saturated rings. The molecule has 3 heterocycles. The molecule has 0 spiro atoms. The summed E-state index contributed by atoms with van der Waals surface area (Å²) >= 11 is 1.25. The van der Waals surface area contributed by atoms with Crippen LogP contribution in [-0.2, 0) is 6.42 Å². The molecule has 2 aromatic heterocycles. The number of anilines is 1. The van der Waals surface area contributed by atoms with Crippen LogP contribution >= 0.6 is 11.3 Å². The van der Waals surface area contributed by atoms with Crippen molar-refractivity contribution < 1.29 is 9.21 Å². The van der Waals surface area contributed by atoms with Crippen molar-refractivity contribution in [3.8, 4) is 0 Å². The molecule has 6 nitrogen and oxygen atoms in total. The van der Waals surface area contributed by atoms with Gasteiger partial charge in [-0.2, -0.15) is 0 Å². The van der Waals surface area contributed by atoms with Crippen molar-refractivity contribution >= 4 is 33.3 Å². The molecule has 0 saturated carbocycles. The molecule has 0 saturated heterocycles. The van der Waals surface area contributed by atoms with Gasteiger partial charge in [-0.1, -0.05) is 42.5 Å². The Kier molecular flexibility index (Phi) is 4.29. The Morgan fingerprint density at radius 3 is 2.50 bits per heavy atom. The summed E-state index contributed by atoms with van der Waals surface area (Å²) in [5.74, 6) is -0.293. The summed E-state index contributed by atoms with van der Waals surface area (Å²) in [6.07, 6.45) is 0.909. The number of fused-ring (bicyclic) bond motifs is 2. The maximum absolute atomic E-state index is 13.6. The molecule has 5 rings (SSSR count). The van der Waals surface area contributed by atoms with Gasteiger partial charge in [-0.15, -0.1) is 10.2 Å². The van der Waals surface area contributed by atoms with E-state index in [1.165, 1.54) is 21.8 Å². The van der Waals surface area contributed by atoms with E-state index in [0.717, 1.165) is 23.1 Å². The van der Waals surface area contributed by atoms with Gasteiger partial charge in [0.05, 0.1) is 17.0 Å². The minimum atomic E-state index is -0.603. The predicted molar refractivity (Wildman–Crippen MR) is 116 cm³/mol. The van der Waals surface area contributed by atoms with Crippen LogP contribution in [0.2, 0.25) is 0 Å². The van der Waals surface area contributed by atoms with Crippen molar-refractivity contribution in [3.63, 3.8) is 0 Å². The summed E-state index contributed by atoms with van der Waals surface area (Å²) in [6, 6.07) is 11.0. The van der Waals surface area contributed by atoms with Crippen molar-refractivity contribution in [2.45, 2.75) is 33.2 Å². The SMILES string of the molecule is CCc1ccc(C2c3c(oc4cc(C)c(C)cc4c3=O)C(=O)N2c2nncs2)cc1. The van der Waals surface area contributed by atoms with Gasteiger partial charge in [0.15, 0.2) is 5.43 Å². The molecular formula is C23H19N3O3S. The fourth-order valence-electron chi connectivity index (χ4n) is 3.95. The summed E-state index contributed by atoms with van der Waals surface area (Å²) in [5, 5.41) is 8.91. The van der Waals surface area contributed by atoms with Crippen LogP contribution in [0.5, 0.6) is 0 Å². The first-order valence-corrected chi connectivity index (χ1v) is 10.6. The highest BCUT2D eigenvalue weighted by atomic mass is 32.1. The molecule has 7 heteroatoms. The molecule has 1 aliphatic heterocycles. The van der Waals surface area contributed by atoms with Gasteiger partial charge >= 0.3 is 0 Å². The fourth-order valence-corrected chi connectivity index (χ4v) is 4.53. The fraction of sp³-hybridized carbons (Fsp3) is 0.217. The monoisotopic (exact) mass is 417 g/mol. The summed E-state index contributed by atoms with van der Waals surface area (Å²) in [5.41, 5.74) is 6.20. The number of hydrogen-bond donors (Lipinski definition) is 0. The van der Waals surface area contributed by atoms with E-state index in [9.17, 15) is 9.59 Å². The van der Waals surface area contributed by atoms with Gasteiger partial charge < -0.3 is 4.42 Å². The summed E-state index contributed by atoms with van der Waals surface area (Å²) in [4.78, 5) is 28.5. The van der Waals surface area contributed by atoms with E-state index in [0.29, 0.717) is 21.7 Å². The van der Waals surface area contributed by atoms with E-state index >= 15 is 0 Å². The van der Waals surface area contributed by atoms with Gasteiger partial charge in [0.25, 0.3) is 5.91 Å². The smallest absolute Gasteiger partial charge is 0.297 e. The van der Waals surface area contributed by atoms with Crippen molar-refractivity contribution in [2.75, 3.05) is 4.90 Å². The van der Waals surface area contributed by atoms with E-state index in [4.69, 9.17) is 4.42 Å². The number of amides is 1. The van der Waals surface area contributed by atoms with Gasteiger partial charge in [0.2, 0.25) is 10.9 Å². The first kappa shape index (κ1) is 18.7. The minimum absolute atomic E-state index is 0.0792.